The van der Waals surface area contributed by atoms with E-state index >= 15 is 0 Å². The van der Waals surface area contributed by atoms with Crippen molar-refractivity contribution in [2.24, 2.45) is 10.9 Å². The van der Waals surface area contributed by atoms with E-state index in [1.54, 1.807) is 0 Å². The van der Waals surface area contributed by atoms with E-state index in [1.165, 1.54) is 57.5 Å². The number of hydrogen-bond donors (Lipinski definition) is 2. The van der Waals surface area contributed by atoms with Crippen molar-refractivity contribution in [1.82, 2.24) is 20.4 Å². The Hall–Kier alpha value is -0.860. The maximum atomic E-state index is 4.68. The molecule has 0 unspecified atom stereocenters. The average molecular weight is 485 g/mol. The molecule has 0 amide bonds. The van der Waals surface area contributed by atoms with Crippen LogP contribution < -0.4 is 10.6 Å². The number of rotatable bonds is 9. The normalized spacial score (nSPS) is 18.8. The Kier molecular flexibility index (Phi) is 10.4. The molecule has 2 aliphatic rings. The van der Waals surface area contributed by atoms with Crippen LogP contribution in [-0.2, 0) is 6.54 Å². The minimum Gasteiger partial charge on any atom is -0.357 e. The van der Waals surface area contributed by atoms with Gasteiger partial charge >= 0.3 is 0 Å². The smallest absolute Gasteiger partial charge is 0.191 e. The lowest BCUT2D eigenvalue weighted by molar-refractivity contribution is 0.126. The summed E-state index contributed by atoms with van der Waals surface area (Å²) in [5, 5.41) is 6.84. The van der Waals surface area contributed by atoms with Crippen molar-refractivity contribution in [2.75, 3.05) is 52.4 Å². The van der Waals surface area contributed by atoms with Crippen LogP contribution in [0.3, 0.4) is 0 Å². The number of guanidine groups is 1. The van der Waals surface area contributed by atoms with Crippen LogP contribution in [0.4, 0.5) is 0 Å². The summed E-state index contributed by atoms with van der Waals surface area (Å²) in [5.41, 5.74) is 1.42. The van der Waals surface area contributed by atoms with E-state index in [2.05, 4.69) is 62.7 Å². The topological polar surface area (TPSA) is 42.9 Å². The van der Waals surface area contributed by atoms with Crippen LogP contribution >= 0.6 is 24.0 Å². The Morgan fingerprint density at radius 2 is 1.74 bits per heavy atom. The van der Waals surface area contributed by atoms with Crippen LogP contribution in [0.25, 0.3) is 0 Å². The Bertz CT molecular complexity index is 539. The highest BCUT2D eigenvalue weighted by Gasteiger charge is 2.20. The first-order valence-electron chi connectivity index (χ1n) is 10.3. The molecular formula is C21H36IN5. The third-order valence-electron chi connectivity index (χ3n) is 5.21. The molecule has 1 heterocycles. The molecule has 6 heteroatoms. The zero-order chi connectivity index (χ0) is 18.0. The predicted molar refractivity (Wildman–Crippen MR) is 125 cm³/mol. The SMILES string of the molecule is CCNC(=NCC1CC1)NCCCN1CCN(Cc2ccccc2)CC1.I. The maximum absolute atomic E-state index is 4.68. The minimum absolute atomic E-state index is 0. The predicted octanol–water partition coefficient (Wildman–Crippen LogP) is 2.78. The van der Waals surface area contributed by atoms with Crippen molar-refractivity contribution in [3.63, 3.8) is 0 Å². The number of nitrogens with zero attached hydrogens (tertiary/aromatic N) is 3. The summed E-state index contributed by atoms with van der Waals surface area (Å²) in [4.78, 5) is 9.85. The Balaban J connectivity index is 0.00000261. The molecule has 1 aliphatic heterocycles. The number of piperazine rings is 1. The first-order chi connectivity index (χ1) is 12.8. The largest absolute Gasteiger partial charge is 0.357 e. The zero-order valence-corrected chi connectivity index (χ0v) is 19.0. The van der Waals surface area contributed by atoms with E-state index in [9.17, 15) is 0 Å². The molecule has 0 bridgehead atoms. The van der Waals surface area contributed by atoms with E-state index in [4.69, 9.17) is 0 Å². The minimum atomic E-state index is 0. The Morgan fingerprint density at radius 3 is 2.41 bits per heavy atom. The first kappa shape index (κ1) is 22.4. The summed E-state index contributed by atoms with van der Waals surface area (Å²) < 4.78 is 0. The number of benzene rings is 1. The highest BCUT2D eigenvalue weighted by atomic mass is 127. The molecule has 0 spiro atoms. The monoisotopic (exact) mass is 485 g/mol. The summed E-state index contributed by atoms with van der Waals surface area (Å²) in [6, 6.07) is 10.8. The van der Waals surface area contributed by atoms with Gasteiger partial charge in [0.2, 0.25) is 0 Å². The Morgan fingerprint density at radius 1 is 1.04 bits per heavy atom. The number of aliphatic imine (C=N–C) groups is 1. The van der Waals surface area contributed by atoms with Gasteiger partial charge in [-0.3, -0.25) is 9.89 Å². The lowest BCUT2D eigenvalue weighted by atomic mass is 10.2. The molecule has 1 aliphatic carbocycles. The molecule has 1 saturated heterocycles. The molecule has 2 N–H and O–H groups in total. The molecule has 0 atom stereocenters. The Labute approximate surface area is 182 Å². The van der Waals surface area contributed by atoms with Gasteiger partial charge in [0.15, 0.2) is 5.96 Å². The number of halogens is 1. The molecule has 1 saturated carbocycles. The second kappa shape index (κ2) is 12.6. The highest BCUT2D eigenvalue weighted by Crippen LogP contribution is 2.28. The molecule has 2 fully saturated rings. The van der Waals surface area contributed by atoms with E-state index in [0.717, 1.165) is 38.1 Å². The van der Waals surface area contributed by atoms with Crippen LogP contribution in [0.2, 0.25) is 0 Å². The lowest BCUT2D eigenvalue weighted by Crippen LogP contribution is -2.46. The van der Waals surface area contributed by atoms with Gasteiger partial charge < -0.3 is 15.5 Å². The highest BCUT2D eigenvalue weighted by molar-refractivity contribution is 14.0. The van der Waals surface area contributed by atoms with Gasteiger partial charge in [0.1, 0.15) is 0 Å². The van der Waals surface area contributed by atoms with Crippen LogP contribution in [0.15, 0.2) is 35.3 Å². The second-order valence-corrected chi connectivity index (χ2v) is 7.55. The quantitative estimate of drug-likeness (QED) is 0.245. The average Bonchev–Trinajstić information content (AvgIpc) is 3.50. The number of nitrogens with one attached hydrogen (secondary N) is 2. The van der Waals surface area contributed by atoms with Gasteiger partial charge in [0.05, 0.1) is 0 Å². The fourth-order valence-corrected chi connectivity index (χ4v) is 3.38. The summed E-state index contributed by atoms with van der Waals surface area (Å²) in [6.07, 6.45) is 3.89. The van der Waals surface area contributed by atoms with Crippen LogP contribution in [0, 0.1) is 5.92 Å². The van der Waals surface area contributed by atoms with Crippen molar-refractivity contribution in [2.45, 2.75) is 32.7 Å². The van der Waals surface area contributed by atoms with Crippen molar-refractivity contribution < 1.29 is 0 Å². The zero-order valence-electron chi connectivity index (χ0n) is 16.7. The third kappa shape index (κ3) is 8.79. The van der Waals surface area contributed by atoms with Crippen molar-refractivity contribution >= 4 is 29.9 Å². The molecule has 152 valence electrons. The van der Waals surface area contributed by atoms with Gasteiger partial charge in [-0.25, -0.2) is 0 Å². The van der Waals surface area contributed by atoms with Gasteiger partial charge in [-0.1, -0.05) is 30.3 Å². The lowest BCUT2D eigenvalue weighted by Gasteiger charge is -2.34. The second-order valence-electron chi connectivity index (χ2n) is 7.55. The van der Waals surface area contributed by atoms with E-state index in [1.807, 2.05) is 0 Å². The van der Waals surface area contributed by atoms with Gasteiger partial charge in [-0.15, -0.1) is 24.0 Å². The standard InChI is InChI=1S/C21H35N5.HI/c1-2-22-21(24-17-19-9-10-19)23-11-6-12-25-13-15-26(16-14-25)18-20-7-4-3-5-8-20;/h3-5,7-8,19H,2,6,9-18H2,1H3,(H2,22,23,24);1H. The van der Waals surface area contributed by atoms with Gasteiger partial charge in [0, 0.05) is 52.4 Å². The molecular weight excluding hydrogens is 449 g/mol. The van der Waals surface area contributed by atoms with Gasteiger partial charge in [-0.2, -0.15) is 0 Å². The molecule has 3 rings (SSSR count). The van der Waals surface area contributed by atoms with Crippen LogP contribution in [0.5, 0.6) is 0 Å². The van der Waals surface area contributed by atoms with Crippen molar-refractivity contribution in [3.8, 4) is 0 Å². The maximum Gasteiger partial charge on any atom is 0.191 e. The van der Waals surface area contributed by atoms with E-state index in [-0.39, 0.29) is 24.0 Å². The molecule has 1 aromatic carbocycles. The summed E-state index contributed by atoms with van der Waals surface area (Å²) in [7, 11) is 0. The van der Waals surface area contributed by atoms with E-state index in [0.29, 0.717) is 0 Å². The fraction of sp³-hybridized carbons (Fsp3) is 0.667. The fourth-order valence-electron chi connectivity index (χ4n) is 3.38. The van der Waals surface area contributed by atoms with Crippen molar-refractivity contribution in [1.29, 1.82) is 0 Å². The van der Waals surface area contributed by atoms with Crippen LogP contribution in [0.1, 0.15) is 31.7 Å². The molecule has 27 heavy (non-hydrogen) atoms. The van der Waals surface area contributed by atoms with E-state index < -0.39 is 0 Å². The van der Waals surface area contributed by atoms with Gasteiger partial charge in [0.25, 0.3) is 0 Å². The molecule has 0 aromatic heterocycles. The summed E-state index contributed by atoms with van der Waals surface area (Å²) in [6.45, 7) is 12.0. The number of hydrogen-bond acceptors (Lipinski definition) is 3. The van der Waals surface area contributed by atoms with Crippen molar-refractivity contribution in [3.05, 3.63) is 35.9 Å². The van der Waals surface area contributed by atoms with Crippen LogP contribution in [-0.4, -0.2) is 68.1 Å². The first-order valence-corrected chi connectivity index (χ1v) is 10.3. The molecule has 5 nitrogen and oxygen atoms in total. The summed E-state index contributed by atoms with van der Waals surface area (Å²) in [5.74, 6) is 1.84. The molecule has 0 radical (unpaired) electrons. The summed E-state index contributed by atoms with van der Waals surface area (Å²) >= 11 is 0. The third-order valence-corrected chi connectivity index (χ3v) is 5.21. The van der Waals surface area contributed by atoms with Gasteiger partial charge in [-0.05, 0) is 44.2 Å². The molecule has 1 aromatic rings.